The third kappa shape index (κ3) is 1.99. The van der Waals surface area contributed by atoms with Crippen molar-refractivity contribution >= 4 is 17.5 Å². The number of rotatable bonds is 2. The molecule has 2 N–H and O–H groups in total. The number of benzene rings is 1. The second-order valence-electron chi connectivity index (χ2n) is 4.79. The van der Waals surface area contributed by atoms with Gasteiger partial charge < -0.3 is 5.32 Å². The van der Waals surface area contributed by atoms with E-state index in [4.69, 9.17) is 0 Å². The number of fused-ring (bicyclic) bond motifs is 1. The Bertz CT molecular complexity index is 691. The highest BCUT2D eigenvalue weighted by atomic mass is 19.1. The van der Waals surface area contributed by atoms with Gasteiger partial charge >= 0.3 is 0 Å². The van der Waals surface area contributed by atoms with Crippen LogP contribution in [0.25, 0.3) is 0 Å². The van der Waals surface area contributed by atoms with Crippen LogP contribution < -0.4 is 5.32 Å². The summed E-state index contributed by atoms with van der Waals surface area (Å²) in [6.07, 6.45) is 0.0730. The molecule has 1 aromatic carbocycles. The highest BCUT2D eigenvalue weighted by Gasteiger charge is 2.34. The predicted molar refractivity (Wildman–Crippen MR) is 70.0 cm³/mol. The van der Waals surface area contributed by atoms with Crippen LogP contribution >= 0.6 is 0 Å². The maximum Gasteiger partial charge on any atom is 0.226 e. The lowest BCUT2D eigenvalue weighted by molar-refractivity contribution is -0.116. The molecule has 0 saturated carbocycles. The zero-order valence-corrected chi connectivity index (χ0v) is 10.7. The van der Waals surface area contributed by atoms with E-state index in [0.717, 1.165) is 5.69 Å². The fourth-order valence-electron chi connectivity index (χ4n) is 2.47. The molecule has 1 aliphatic heterocycles. The number of aromatic nitrogens is 2. The largest absolute Gasteiger partial charge is 0.309 e. The van der Waals surface area contributed by atoms with Crippen LogP contribution in [0, 0.1) is 12.7 Å². The van der Waals surface area contributed by atoms with E-state index >= 15 is 0 Å². The van der Waals surface area contributed by atoms with Crippen LogP contribution in [0.4, 0.5) is 10.2 Å². The van der Waals surface area contributed by atoms with Gasteiger partial charge in [0.25, 0.3) is 0 Å². The van der Waals surface area contributed by atoms with Gasteiger partial charge in [0.05, 0.1) is 5.92 Å². The second-order valence-corrected chi connectivity index (χ2v) is 4.79. The molecule has 1 amide bonds. The summed E-state index contributed by atoms with van der Waals surface area (Å²) in [5.41, 5.74) is 1.84. The number of carbonyl (C=O) groups excluding carboxylic acids is 2. The summed E-state index contributed by atoms with van der Waals surface area (Å²) in [4.78, 5) is 24.2. The molecular formula is C14H12FN3O2. The summed E-state index contributed by atoms with van der Waals surface area (Å²) in [7, 11) is 0. The Morgan fingerprint density at radius 2 is 2.05 bits per heavy atom. The molecule has 0 saturated heterocycles. The minimum Gasteiger partial charge on any atom is -0.309 e. The quantitative estimate of drug-likeness (QED) is 0.823. The van der Waals surface area contributed by atoms with Crippen LogP contribution in [0.5, 0.6) is 0 Å². The summed E-state index contributed by atoms with van der Waals surface area (Å²) in [5, 5.41) is 9.38. The Kier molecular flexibility index (Phi) is 2.85. The van der Waals surface area contributed by atoms with Crippen molar-refractivity contribution < 1.29 is 14.0 Å². The van der Waals surface area contributed by atoms with Crippen LogP contribution in [-0.2, 0) is 4.79 Å². The van der Waals surface area contributed by atoms with Crippen LogP contribution in [0.1, 0.15) is 34.0 Å². The third-order valence-electron chi connectivity index (χ3n) is 3.44. The van der Waals surface area contributed by atoms with Crippen molar-refractivity contribution in [2.45, 2.75) is 19.3 Å². The highest BCUT2D eigenvalue weighted by Crippen LogP contribution is 2.35. The minimum absolute atomic E-state index is 0.0730. The Morgan fingerprint density at radius 3 is 2.75 bits per heavy atom. The monoisotopic (exact) mass is 273 g/mol. The number of H-pyrrole nitrogens is 1. The van der Waals surface area contributed by atoms with E-state index < -0.39 is 11.7 Å². The number of Topliss-reactive ketones (excluding diaryl/α,β-unsaturated/α-hetero) is 1. The molecule has 2 heterocycles. The number of aromatic amines is 1. The first-order chi connectivity index (χ1) is 9.56. The normalized spacial score (nSPS) is 17.5. The molecule has 0 spiro atoms. The van der Waals surface area contributed by atoms with Gasteiger partial charge in [0.1, 0.15) is 5.82 Å². The lowest BCUT2D eigenvalue weighted by Crippen LogP contribution is -2.27. The summed E-state index contributed by atoms with van der Waals surface area (Å²) in [5.74, 6) is -1.03. The van der Waals surface area contributed by atoms with Crippen molar-refractivity contribution in [3.05, 3.63) is 46.9 Å². The van der Waals surface area contributed by atoms with Gasteiger partial charge in [0.2, 0.25) is 5.91 Å². The maximum absolute atomic E-state index is 12.9. The fourth-order valence-corrected chi connectivity index (χ4v) is 2.47. The SMILES string of the molecule is Cc1[nH]nc2c1C(C(=O)c1ccc(F)cc1)CC(=O)N2. The number of aryl methyl sites for hydroxylation is 1. The number of amides is 1. The highest BCUT2D eigenvalue weighted by molar-refractivity contribution is 6.07. The summed E-state index contributed by atoms with van der Waals surface area (Å²) >= 11 is 0. The molecule has 0 bridgehead atoms. The second kappa shape index (κ2) is 4.56. The summed E-state index contributed by atoms with van der Waals surface area (Å²) in [6.45, 7) is 1.80. The van der Waals surface area contributed by atoms with Gasteiger partial charge in [-0.2, -0.15) is 5.10 Å². The molecule has 3 rings (SSSR count). The van der Waals surface area contributed by atoms with Gasteiger partial charge in [0.15, 0.2) is 11.6 Å². The first-order valence-electron chi connectivity index (χ1n) is 6.20. The van der Waals surface area contributed by atoms with E-state index in [1.807, 2.05) is 0 Å². The van der Waals surface area contributed by atoms with E-state index in [1.165, 1.54) is 24.3 Å². The smallest absolute Gasteiger partial charge is 0.226 e. The predicted octanol–water partition coefficient (Wildman–Crippen LogP) is 2.17. The Morgan fingerprint density at radius 1 is 1.35 bits per heavy atom. The number of anilines is 1. The average molecular weight is 273 g/mol. The third-order valence-corrected chi connectivity index (χ3v) is 3.44. The van der Waals surface area contributed by atoms with Crippen molar-refractivity contribution in [1.82, 2.24) is 10.2 Å². The van der Waals surface area contributed by atoms with Gasteiger partial charge in [0, 0.05) is 23.2 Å². The van der Waals surface area contributed by atoms with Crippen molar-refractivity contribution in [3.8, 4) is 0 Å². The van der Waals surface area contributed by atoms with Crippen LogP contribution in [0.3, 0.4) is 0 Å². The number of carbonyl (C=O) groups is 2. The van der Waals surface area contributed by atoms with E-state index in [-0.39, 0.29) is 18.1 Å². The van der Waals surface area contributed by atoms with Gasteiger partial charge in [-0.1, -0.05) is 0 Å². The van der Waals surface area contributed by atoms with E-state index in [2.05, 4.69) is 15.5 Å². The molecule has 1 unspecified atom stereocenters. The fraction of sp³-hybridized carbons (Fsp3) is 0.214. The number of halogens is 1. The number of ketones is 1. The molecule has 0 aliphatic carbocycles. The van der Waals surface area contributed by atoms with Crippen LogP contribution in [-0.4, -0.2) is 21.9 Å². The van der Waals surface area contributed by atoms with Crippen molar-refractivity contribution in [2.75, 3.05) is 5.32 Å². The molecular weight excluding hydrogens is 261 g/mol. The zero-order valence-electron chi connectivity index (χ0n) is 10.7. The van der Waals surface area contributed by atoms with Gasteiger partial charge in [-0.25, -0.2) is 4.39 Å². The molecule has 20 heavy (non-hydrogen) atoms. The van der Waals surface area contributed by atoms with Gasteiger partial charge in [-0.15, -0.1) is 0 Å². The molecule has 1 atom stereocenters. The standard InChI is InChI=1S/C14H12FN3O2/c1-7-12-10(6-11(19)16-14(12)18-17-7)13(20)8-2-4-9(15)5-3-8/h2-5,10H,6H2,1H3,(H2,16,17,18,19). The van der Waals surface area contributed by atoms with Crippen molar-refractivity contribution in [1.29, 1.82) is 0 Å². The number of hydrogen-bond donors (Lipinski definition) is 2. The Labute approximate surface area is 114 Å². The molecule has 102 valence electrons. The van der Waals surface area contributed by atoms with E-state index in [1.54, 1.807) is 6.92 Å². The van der Waals surface area contributed by atoms with Crippen molar-refractivity contribution in [3.63, 3.8) is 0 Å². The first kappa shape index (κ1) is 12.5. The topological polar surface area (TPSA) is 74.8 Å². The van der Waals surface area contributed by atoms with Crippen LogP contribution in [0.15, 0.2) is 24.3 Å². The van der Waals surface area contributed by atoms with Crippen molar-refractivity contribution in [2.24, 2.45) is 0 Å². The average Bonchev–Trinajstić information content (AvgIpc) is 2.79. The molecule has 1 aliphatic rings. The summed E-state index contributed by atoms with van der Waals surface area (Å²) < 4.78 is 12.9. The van der Waals surface area contributed by atoms with Crippen LogP contribution in [0.2, 0.25) is 0 Å². The molecule has 0 fully saturated rings. The number of hydrogen-bond acceptors (Lipinski definition) is 3. The lowest BCUT2D eigenvalue weighted by atomic mass is 9.85. The number of nitrogens with one attached hydrogen (secondary N) is 2. The number of nitrogens with zero attached hydrogens (tertiary/aromatic N) is 1. The first-order valence-corrected chi connectivity index (χ1v) is 6.20. The molecule has 6 heteroatoms. The molecule has 0 radical (unpaired) electrons. The van der Waals surface area contributed by atoms with E-state index in [0.29, 0.717) is 16.9 Å². The Hall–Kier alpha value is -2.50. The minimum atomic E-state index is -0.581. The molecule has 5 nitrogen and oxygen atoms in total. The van der Waals surface area contributed by atoms with Gasteiger partial charge in [-0.05, 0) is 31.2 Å². The summed E-state index contributed by atoms with van der Waals surface area (Å²) in [6, 6.07) is 5.33. The lowest BCUT2D eigenvalue weighted by Gasteiger charge is -2.21. The molecule has 2 aromatic rings. The maximum atomic E-state index is 12.9. The van der Waals surface area contributed by atoms with E-state index in [9.17, 15) is 14.0 Å². The Balaban J connectivity index is 2.01. The zero-order chi connectivity index (χ0) is 14.3. The molecule has 1 aromatic heterocycles. The van der Waals surface area contributed by atoms with Gasteiger partial charge in [-0.3, -0.25) is 14.7 Å².